The second-order valence-corrected chi connectivity index (χ2v) is 4.71. The Hall–Kier alpha value is -2.04. The molecule has 0 unspecified atom stereocenters. The lowest BCUT2D eigenvalue weighted by molar-refractivity contribution is 0.0724. The Morgan fingerprint density at radius 1 is 1.28 bits per heavy atom. The van der Waals surface area contributed by atoms with Crippen molar-refractivity contribution >= 4 is 22.9 Å². The predicted octanol–water partition coefficient (Wildman–Crippen LogP) is 1.77. The van der Waals surface area contributed by atoms with Crippen molar-refractivity contribution in [3.8, 4) is 0 Å². The number of likely N-dealkylation sites (tertiary alicyclic amines) is 1. The highest BCUT2D eigenvalue weighted by molar-refractivity contribution is 5.97. The number of hydrogen-bond acceptors (Lipinski definition) is 3. The van der Waals surface area contributed by atoms with Gasteiger partial charge in [0.1, 0.15) is 0 Å². The summed E-state index contributed by atoms with van der Waals surface area (Å²) in [6, 6.07) is 5.48. The van der Waals surface area contributed by atoms with Crippen LogP contribution in [-0.4, -0.2) is 33.9 Å². The molecule has 1 amide bonds. The van der Waals surface area contributed by atoms with Gasteiger partial charge in [0.15, 0.2) is 5.95 Å². The number of amides is 1. The largest absolute Gasteiger partial charge is 0.369 e. The molecule has 0 saturated carbocycles. The molecule has 1 aliphatic heterocycles. The molecule has 1 aromatic heterocycles. The smallest absolute Gasteiger partial charge is 0.253 e. The molecule has 18 heavy (non-hydrogen) atoms. The van der Waals surface area contributed by atoms with Crippen LogP contribution in [0, 0.1) is 0 Å². The Morgan fingerprint density at radius 2 is 2.06 bits per heavy atom. The zero-order chi connectivity index (χ0) is 12.5. The van der Waals surface area contributed by atoms with Gasteiger partial charge < -0.3 is 15.6 Å². The van der Waals surface area contributed by atoms with Crippen molar-refractivity contribution in [1.29, 1.82) is 0 Å². The molecule has 94 valence electrons. The first-order valence-electron chi connectivity index (χ1n) is 6.28. The van der Waals surface area contributed by atoms with E-state index in [1.54, 1.807) is 0 Å². The summed E-state index contributed by atoms with van der Waals surface area (Å²) in [4.78, 5) is 21.3. The number of piperidine rings is 1. The first-order valence-corrected chi connectivity index (χ1v) is 6.28. The van der Waals surface area contributed by atoms with Gasteiger partial charge in [-0.1, -0.05) is 0 Å². The van der Waals surface area contributed by atoms with Crippen LogP contribution in [0.3, 0.4) is 0 Å². The monoisotopic (exact) mass is 244 g/mol. The Labute approximate surface area is 105 Å². The number of nitrogens with two attached hydrogens (primary N) is 1. The molecule has 2 heterocycles. The lowest BCUT2D eigenvalue weighted by atomic mass is 10.1. The second-order valence-electron chi connectivity index (χ2n) is 4.71. The maximum atomic E-state index is 12.3. The van der Waals surface area contributed by atoms with Crippen molar-refractivity contribution in [2.45, 2.75) is 19.3 Å². The molecule has 0 bridgehead atoms. The highest BCUT2D eigenvalue weighted by Crippen LogP contribution is 2.18. The van der Waals surface area contributed by atoms with E-state index in [4.69, 9.17) is 5.73 Å². The van der Waals surface area contributed by atoms with Gasteiger partial charge in [0.05, 0.1) is 11.0 Å². The van der Waals surface area contributed by atoms with Gasteiger partial charge in [-0.2, -0.15) is 0 Å². The van der Waals surface area contributed by atoms with Crippen LogP contribution in [0.2, 0.25) is 0 Å². The summed E-state index contributed by atoms with van der Waals surface area (Å²) in [6.45, 7) is 1.73. The zero-order valence-corrected chi connectivity index (χ0v) is 10.1. The Morgan fingerprint density at radius 3 is 2.83 bits per heavy atom. The molecule has 1 fully saturated rings. The van der Waals surface area contributed by atoms with Crippen molar-refractivity contribution in [2.24, 2.45) is 0 Å². The quantitative estimate of drug-likeness (QED) is 0.802. The van der Waals surface area contributed by atoms with Crippen LogP contribution in [0.5, 0.6) is 0 Å². The van der Waals surface area contributed by atoms with Gasteiger partial charge in [-0.05, 0) is 37.5 Å². The van der Waals surface area contributed by atoms with E-state index in [1.807, 2.05) is 23.1 Å². The third kappa shape index (κ3) is 1.92. The van der Waals surface area contributed by atoms with E-state index in [9.17, 15) is 4.79 Å². The Bertz CT molecular complexity index is 584. The van der Waals surface area contributed by atoms with Crippen molar-refractivity contribution in [1.82, 2.24) is 14.9 Å². The number of anilines is 1. The molecule has 0 aliphatic carbocycles. The highest BCUT2D eigenvalue weighted by atomic mass is 16.2. The summed E-state index contributed by atoms with van der Waals surface area (Å²) in [7, 11) is 0. The molecule has 1 saturated heterocycles. The first-order chi connectivity index (χ1) is 8.74. The number of H-pyrrole nitrogens is 1. The maximum Gasteiger partial charge on any atom is 0.253 e. The maximum absolute atomic E-state index is 12.3. The van der Waals surface area contributed by atoms with E-state index in [0.717, 1.165) is 37.0 Å². The number of hydrogen-bond donors (Lipinski definition) is 2. The molecule has 3 N–H and O–H groups in total. The number of rotatable bonds is 1. The molecule has 0 spiro atoms. The minimum absolute atomic E-state index is 0.102. The molecular formula is C13H16N4O. The minimum Gasteiger partial charge on any atom is -0.369 e. The fraction of sp³-hybridized carbons (Fsp3) is 0.385. The normalized spacial score (nSPS) is 16.1. The van der Waals surface area contributed by atoms with Gasteiger partial charge >= 0.3 is 0 Å². The van der Waals surface area contributed by atoms with Crippen LogP contribution in [0.15, 0.2) is 18.2 Å². The third-order valence-electron chi connectivity index (χ3n) is 3.39. The molecule has 5 nitrogen and oxygen atoms in total. The number of imidazole rings is 1. The molecule has 1 aliphatic rings. The standard InChI is InChI=1S/C13H16N4O/c14-13-15-10-5-4-9(8-11(10)16-13)12(18)17-6-2-1-3-7-17/h4-5,8H,1-3,6-7H2,(H3,14,15,16). The summed E-state index contributed by atoms with van der Waals surface area (Å²) >= 11 is 0. The number of carbonyl (C=O) groups excluding carboxylic acids is 1. The van der Waals surface area contributed by atoms with Crippen LogP contribution in [0.1, 0.15) is 29.6 Å². The van der Waals surface area contributed by atoms with Crippen LogP contribution < -0.4 is 5.73 Å². The number of benzene rings is 1. The molecule has 0 radical (unpaired) electrons. The summed E-state index contributed by atoms with van der Waals surface area (Å²) in [5, 5.41) is 0. The van der Waals surface area contributed by atoms with E-state index in [-0.39, 0.29) is 5.91 Å². The predicted molar refractivity (Wildman–Crippen MR) is 70.3 cm³/mol. The van der Waals surface area contributed by atoms with Crippen molar-refractivity contribution in [2.75, 3.05) is 18.8 Å². The van der Waals surface area contributed by atoms with Crippen LogP contribution in [-0.2, 0) is 0 Å². The van der Waals surface area contributed by atoms with Gasteiger partial charge in [-0.25, -0.2) is 4.98 Å². The van der Waals surface area contributed by atoms with Crippen molar-refractivity contribution in [3.63, 3.8) is 0 Å². The van der Waals surface area contributed by atoms with Gasteiger partial charge in [-0.3, -0.25) is 4.79 Å². The van der Waals surface area contributed by atoms with E-state index in [1.165, 1.54) is 6.42 Å². The lowest BCUT2D eigenvalue weighted by Crippen LogP contribution is -2.35. The minimum atomic E-state index is 0.102. The van der Waals surface area contributed by atoms with E-state index in [0.29, 0.717) is 11.5 Å². The Balaban J connectivity index is 1.90. The van der Waals surface area contributed by atoms with Crippen LogP contribution >= 0.6 is 0 Å². The van der Waals surface area contributed by atoms with Crippen molar-refractivity contribution in [3.05, 3.63) is 23.8 Å². The fourth-order valence-corrected chi connectivity index (χ4v) is 2.44. The van der Waals surface area contributed by atoms with Gasteiger partial charge in [0.25, 0.3) is 5.91 Å². The summed E-state index contributed by atoms with van der Waals surface area (Å²) in [5.74, 6) is 0.484. The molecule has 0 atom stereocenters. The van der Waals surface area contributed by atoms with Gasteiger partial charge in [0, 0.05) is 18.7 Å². The van der Waals surface area contributed by atoms with Gasteiger partial charge in [0.2, 0.25) is 0 Å². The third-order valence-corrected chi connectivity index (χ3v) is 3.39. The summed E-state index contributed by atoms with van der Waals surface area (Å²) < 4.78 is 0. The number of nitrogens with zero attached hydrogens (tertiary/aromatic N) is 2. The lowest BCUT2D eigenvalue weighted by Gasteiger charge is -2.26. The topological polar surface area (TPSA) is 75.0 Å². The molecule has 1 aromatic carbocycles. The number of nitrogen functional groups attached to an aromatic ring is 1. The molecule has 5 heteroatoms. The highest BCUT2D eigenvalue weighted by Gasteiger charge is 2.18. The van der Waals surface area contributed by atoms with Crippen LogP contribution in [0.4, 0.5) is 5.95 Å². The number of carbonyl (C=O) groups is 1. The summed E-state index contributed by atoms with van der Waals surface area (Å²) in [6.07, 6.45) is 3.43. The Kier molecular flexibility index (Phi) is 2.66. The summed E-state index contributed by atoms with van der Waals surface area (Å²) in [5.41, 5.74) is 7.91. The first kappa shape index (κ1) is 11.1. The SMILES string of the molecule is Nc1nc2ccc(C(=O)N3CCCCC3)cc2[nH]1. The van der Waals surface area contributed by atoms with E-state index in [2.05, 4.69) is 9.97 Å². The average molecular weight is 244 g/mol. The number of aromatic amines is 1. The second kappa shape index (κ2) is 4.33. The number of aromatic nitrogens is 2. The number of fused-ring (bicyclic) bond motifs is 1. The number of nitrogens with one attached hydrogen (secondary N) is 1. The zero-order valence-electron chi connectivity index (χ0n) is 10.1. The average Bonchev–Trinajstić information content (AvgIpc) is 2.78. The van der Waals surface area contributed by atoms with Gasteiger partial charge in [-0.15, -0.1) is 0 Å². The molecule has 2 aromatic rings. The molecular weight excluding hydrogens is 228 g/mol. The van der Waals surface area contributed by atoms with Crippen molar-refractivity contribution < 1.29 is 4.79 Å². The fourth-order valence-electron chi connectivity index (χ4n) is 2.44. The van der Waals surface area contributed by atoms with E-state index >= 15 is 0 Å². The molecule has 3 rings (SSSR count). The van der Waals surface area contributed by atoms with E-state index < -0.39 is 0 Å². The van der Waals surface area contributed by atoms with Crippen LogP contribution in [0.25, 0.3) is 11.0 Å².